The molecule has 1 heterocycles. The molecular weight excluding hydrogens is 156 g/mol. The highest BCUT2D eigenvalue weighted by Gasteiger charge is 2.10. The molecule has 0 aliphatic heterocycles. The average molecular weight is 168 g/mol. The van der Waals surface area contributed by atoms with E-state index in [-0.39, 0.29) is 5.91 Å². The molecule has 5 heteroatoms. The smallest absolute Gasteiger partial charge is 0.271 e. The van der Waals surface area contributed by atoms with Gasteiger partial charge in [0, 0.05) is 27.2 Å². The van der Waals surface area contributed by atoms with Crippen LogP contribution >= 0.6 is 0 Å². The standard InChI is InChI=1S/C7H12N4O/c1-8-6-4-5(9-10-6)7(12)11(2)3/h4H,1-3H3,(H2,8,9,10). The van der Waals surface area contributed by atoms with Crippen LogP contribution in [0.15, 0.2) is 6.07 Å². The van der Waals surface area contributed by atoms with Gasteiger partial charge in [0.25, 0.3) is 5.91 Å². The maximum atomic E-state index is 11.3. The van der Waals surface area contributed by atoms with Gasteiger partial charge < -0.3 is 10.2 Å². The Morgan fingerprint density at radius 3 is 2.75 bits per heavy atom. The van der Waals surface area contributed by atoms with Crippen molar-refractivity contribution in [3.8, 4) is 0 Å². The molecule has 66 valence electrons. The highest BCUT2D eigenvalue weighted by atomic mass is 16.2. The summed E-state index contributed by atoms with van der Waals surface area (Å²) < 4.78 is 0. The van der Waals surface area contributed by atoms with Crippen LogP contribution in [-0.2, 0) is 0 Å². The third kappa shape index (κ3) is 1.55. The van der Waals surface area contributed by atoms with E-state index in [1.165, 1.54) is 4.90 Å². The van der Waals surface area contributed by atoms with Crippen molar-refractivity contribution in [2.45, 2.75) is 0 Å². The second kappa shape index (κ2) is 3.25. The number of carbonyl (C=O) groups is 1. The number of nitrogens with zero attached hydrogens (tertiary/aromatic N) is 2. The van der Waals surface area contributed by atoms with Gasteiger partial charge in [0.1, 0.15) is 11.5 Å². The Balaban J connectivity index is 2.82. The molecule has 5 nitrogen and oxygen atoms in total. The number of anilines is 1. The molecule has 0 unspecified atom stereocenters. The Bertz CT molecular complexity index is 279. The van der Waals surface area contributed by atoms with Crippen LogP contribution in [-0.4, -0.2) is 42.1 Å². The van der Waals surface area contributed by atoms with Crippen molar-refractivity contribution >= 4 is 11.7 Å². The number of nitrogens with one attached hydrogen (secondary N) is 2. The van der Waals surface area contributed by atoms with E-state index in [0.717, 1.165) is 0 Å². The minimum absolute atomic E-state index is 0.0796. The zero-order valence-electron chi connectivity index (χ0n) is 7.38. The number of carbonyl (C=O) groups excluding carboxylic acids is 1. The Kier molecular flexibility index (Phi) is 2.32. The average Bonchev–Trinajstić information content (AvgIpc) is 2.50. The van der Waals surface area contributed by atoms with Crippen molar-refractivity contribution in [1.82, 2.24) is 15.1 Å². The first kappa shape index (κ1) is 8.58. The van der Waals surface area contributed by atoms with Gasteiger partial charge in [-0.15, -0.1) is 0 Å². The van der Waals surface area contributed by atoms with Crippen molar-refractivity contribution in [1.29, 1.82) is 0 Å². The maximum absolute atomic E-state index is 11.3. The first-order valence-electron chi connectivity index (χ1n) is 3.60. The summed E-state index contributed by atoms with van der Waals surface area (Å²) in [7, 11) is 5.14. The Morgan fingerprint density at radius 1 is 1.67 bits per heavy atom. The molecule has 0 aliphatic rings. The fourth-order valence-corrected chi connectivity index (χ4v) is 0.800. The van der Waals surface area contributed by atoms with Crippen molar-refractivity contribution in [2.75, 3.05) is 26.5 Å². The summed E-state index contributed by atoms with van der Waals surface area (Å²) in [6.07, 6.45) is 0. The van der Waals surface area contributed by atoms with Crippen molar-refractivity contribution in [3.05, 3.63) is 11.8 Å². The molecule has 0 radical (unpaired) electrons. The number of hydrogen-bond acceptors (Lipinski definition) is 3. The Hall–Kier alpha value is -1.52. The molecule has 0 fully saturated rings. The molecule has 1 aromatic rings. The van der Waals surface area contributed by atoms with Crippen molar-refractivity contribution in [2.24, 2.45) is 0 Å². The minimum atomic E-state index is -0.0796. The first-order valence-corrected chi connectivity index (χ1v) is 3.60. The SMILES string of the molecule is CNc1cc(C(=O)N(C)C)[nH]n1. The predicted molar refractivity (Wildman–Crippen MR) is 46.2 cm³/mol. The summed E-state index contributed by atoms with van der Waals surface area (Å²) in [6.45, 7) is 0. The largest absolute Gasteiger partial charge is 0.372 e. The topological polar surface area (TPSA) is 61.0 Å². The van der Waals surface area contributed by atoms with Gasteiger partial charge in [-0.1, -0.05) is 0 Å². The molecule has 2 N–H and O–H groups in total. The lowest BCUT2D eigenvalue weighted by molar-refractivity contribution is 0.0822. The van der Waals surface area contributed by atoms with Gasteiger partial charge in [0.2, 0.25) is 0 Å². The molecular formula is C7H12N4O. The Labute approximate surface area is 70.8 Å². The normalized spacial score (nSPS) is 9.58. The first-order chi connectivity index (χ1) is 5.65. The van der Waals surface area contributed by atoms with Gasteiger partial charge in [0.05, 0.1) is 0 Å². The van der Waals surface area contributed by atoms with E-state index in [2.05, 4.69) is 15.5 Å². The van der Waals surface area contributed by atoms with Crippen LogP contribution in [0.3, 0.4) is 0 Å². The van der Waals surface area contributed by atoms with E-state index >= 15 is 0 Å². The lowest BCUT2D eigenvalue weighted by Crippen LogP contribution is -2.21. The van der Waals surface area contributed by atoms with E-state index in [4.69, 9.17) is 0 Å². The van der Waals surface area contributed by atoms with Crippen molar-refractivity contribution in [3.63, 3.8) is 0 Å². The fourth-order valence-electron chi connectivity index (χ4n) is 0.800. The number of rotatable bonds is 2. The number of aromatic nitrogens is 2. The van der Waals surface area contributed by atoms with Crippen molar-refractivity contribution < 1.29 is 4.79 Å². The molecule has 0 atom stereocenters. The lowest BCUT2D eigenvalue weighted by atomic mass is 10.4. The summed E-state index contributed by atoms with van der Waals surface area (Å²) in [5, 5.41) is 9.32. The zero-order valence-corrected chi connectivity index (χ0v) is 7.38. The molecule has 0 saturated heterocycles. The number of aromatic amines is 1. The van der Waals surface area contributed by atoms with Gasteiger partial charge >= 0.3 is 0 Å². The van der Waals surface area contributed by atoms with Gasteiger partial charge in [-0.2, -0.15) is 5.10 Å². The predicted octanol–water partition coefficient (Wildman–Crippen LogP) is 0.153. The molecule has 12 heavy (non-hydrogen) atoms. The molecule has 0 spiro atoms. The van der Waals surface area contributed by atoms with Crippen LogP contribution in [0.25, 0.3) is 0 Å². The molecule has 0 aromatic carbocycles. The van der Waals surface area contributed by atoms with Gasteiger partial charge in [-0.25, -0.2) is 0 Å². The zero-order chi connectivity index (χ0) is 9.14. The minimum Gasteiger partial charge on any atom is -0.372 e. The highest BCUT2D eigenvalue weighted by Crippen LogP contribution is 2.05. The summed E-state index contributed by atoms with van der Waals surface area (Å²) in [4.78, 5) is 12.8. The number of hydrogen-bond donors (Lipinski definition) is 2. The van der Waals surface area contributed by atoms with E-state index in [1.807, 2.05) is 0 Å². The summed E-state index contributed by atoms with van der Waals surface area (Å²) in [6, 6.07) is 1.67. The second-order valence-corrected chi connectivity index (χ2v) is 2.62. The monoisotopic (exact) mass is 168 g/mol. The highest BCUT2D eigenvalue weighted by molar-refractivity contribution is 5.92. The maximum Gasteiger partial charge on any atom is 0.271 e. The molecule has 1 rings (SSSR count). The van der Waals surface area contributed by atoms with Gasteiger partial charge in [-0.05, 0) is 0 Å². The lowest BCUT2D eigenvalue weighted by Gasteiger charge is -2.06. The van der Waals surface area contributed by atoms with Crippen LogP contribution < -0.4 is 5.32 Å². The third-order valence-electron chi connectivity index (χ3n) is 1.47. The van der Waals surface area contributed by atoms with Gasteiger partial charge in [-0.3, -0.25) is 9.89 Å². The molecule has 1 amide bonds. The summed E-state index contributed by atoms with van der Waals surface area (Å²) in [5.41, 5.74) is 0.490. The van der Waals surface area contributed by atoms with Crippen LogP contribution in [0.5, 0.6) is 0 Å². The molecule has 1 aromatic heterocycles. The summed E-state index contributed by atoms with van der Waals surface area (Å²) >= 11 is 0. The fraction of sp³-hybridized carbons (Fsp3) is 0.429. The van der Waals surface area contributed by atoms with Crippen LogP contribution in [0, 0.1) is 0 Å². The van der Waals surface area contributed by atoms with Gasteiger partial charge in [0.15, 0.2) is 0 Å². The van der Waals surface area contributed by atoms with Crippen LogP contribution in [0.2, 0.25) is 0 Å². The van der Waals surface area contributed by atoms with E-state index < -0.39 is 0 Å². The third-order valence-corrected chi connectivity index (χ3v) is 1.47. The molecule has 0 bridgehead atoms. The van der Waals surface area contributed by atoms with E-state index in [0.29, 0.717) is 11.5 Å². The number of H-pyrrole nitrogens is 1. The van der Waals surface area contributed by atoms with Crippen LogP contribution in [0.1, 0.15) is 10.5 Å². The second-order valence-electron chi connectivity index (χ2n) is 2.62. The van der Waals surface area contributed by atoms with Crippen LogP contribution in [0.4, 0.5) is 5.82 Å². The summed E-state index contributed by atoms with van der Waals surface area (Å²) in [5.74, 6) is 0.587. The quantitative estimate of drug-likeness (QED) is 0.661. The molecule has 0 saturated carbocycles. The van der Waals surface area contributed by atoms with E-state index in [1.54, 1.807) is 27.2 Å². The molecule has 0 aliphatic carbocycles. The number of amides is 1. The van der Waals surface area contributed by atoms with E-state index in [9.17, 15) is 4.79 Å². The Morgan fingerprint density at radius 2 is 2.33 bits per heavy atom.